The lowest BCUT2D eigenvalue weighted by Gasteiger charge is -2.31. The molecule has 0 spiro atoms. The second-order valence-corrected chi connectivity index (χ2v) is 12.4. The number of aliphatic carboxylic acids is 1. The molecule has 46 heavy (non-hydrogen) atoms. The molecule has 2 unspecified atom stereocenters. The van der Waals surface area contributed by atoms with Crippen LogP contribution in [0.2, 0.25) is 0 Å². The maximum Gasteiger partial charge on any atom is 0.320 e. The number of amides is 1. The smallest absolute Gasteiger partial charge is 0.320 e. The Bertz CT molecular complexity index is 907. The third-order valence-corrected chi connectivity index (χ3v) is 8.29. The molecule has 11 heteroatoms. The van der Waals surface area contributed by atoms with Crippen LogP contribution in [0, 0.1) is 0 Å². The highest BCUT2D eigenvalue weighted by Gasteiger charge is 2.26. The number of aromatic nitrogens is 3. The zero-order valence-electron chi connectivity index (χ0n) is 28.8. The summed E-state index contributed by atoms with van der Waals surface area (Å²) < 4.78 is 5.41. The van der Waals surface area contributed by atoms with Gasteiger partial charge in [-0.15, -0.1) is 0 Å². The Hall–Kier alpha value is -2.66. The maximum atomic E-state index is 12.2. The van der Waals surface area contributed by atoms with Gasteiger partial charge in [0.05, 0.1) is 12.7 Å². The van der Waals surface area contributed by atoms with E-state index in [1.807, 2.05) is 4.90 Å². The predicted molar refractivity (Wildman–Crippen MR) is 180 cm³/mol. The Morgan fingerprint density at radius 2 is 1.37 bits per heavy atom. The topological polar surface area (TPSA) is 155 Å². The summed E-state index contributed by atoms with van der Waals surface area (Å²) in [7, 11) is 0. The summed E-state index contributed by atoms with van der Waals surface area (Å²) in [5.41, 5.74) is 0. The van der Waals surface area contributed by atoms with Crippen molar-refractivity contribution in [2.45, 2.75) is 161 Å². The van der Waals surface area contributed by atoms with Crippen LogP contribution >= 0.6 is 0 Å². The van der Waals surface area contributed by atoms with Gasteiger partial charge in [-0.2, -0.15) is 0 Å². The lowest BCUT2D eigenvalue weighted by atomic mass is 10.0. The highest BCUT2D eigenvalue weighted by atomic mass is 16.5. The number of aliphatic hydroxyl groups is 1. The van der Waals surface area contributed by atoms with Crippen molar-refractivity contribution in [3.63, 3.8) is 0 Å². The first-order valence-corrected chi connectivity index (χ1v) is 18.1. The maximum absolute atomic E-state index is 12.2. The number of carboxylic acid groups (broad SMARTS) is 1. The number of unbranched alkanes of at least 4 members (excludes halogenated alkanes) is 14. The summed E-state index contributed by atoms with van der Waals surface area (Å²) in [5.74, 6) is -1.32. The molecule has 1 aromatic heterocycles. The minimum Gasteiger partial charge on any atom is -0.480 e. The molecule has 1 amide bonds. The number of aliphatic hydroxyl groups excluding tert-OH is 1. The average molecular weight is 650 g/mol. The molecule has 11 nitrogen and oxygen atoms in total. The largest absolute Gasteiger partial charge is 0.480 e. The van der Waals surface area contributed by atoms with Crippen molar-refractivity contribution in [2.75, 3.05) is 26.2 Å². The molecule has 0 aliphatic heterocycles. The van der Waals surface area contributed by atoms with Crippen LogP contribution < -0.4 is 5.32 Å². The Kier molecular flexibility index (Phi) is 25.7. The number of carbonyl (C=O) groups excluding carboxylic acids is 2. The quantitative estimate of drug-likeness (QED) is 0.0600. The van der Waals surface area contributed by atoms with Gasteiger partial charge in [0, 0.05) is 19.5 Å². The van der Waals surface area contributed by atoms with E-state index in [0.29, 0.717) is 58.2 Å². The molecule has 0 aliphatic carbocycles. The van der Waals surface area contributed by atoms with E-state index in [2.05, 4.69) is 34.1 Å². The molecule has 0 radical (unpaired) electrons. The first-order chi connectivity index (χ1) is 22.4. The van der Waals surface area contributed by atoms with Crippen LogP contribution in [-0.2, 0) is 14.3 Å². The summed E-state index contributed by atoms with van der Waals surface area (Å²) >= 11 is 0. The predicted octanol–water partition coefficient (Wildman–Crippen LogP) is 6.49. The fraction of sp³-hybridized carbons (Fsp3) is 0.829. The Morgan fingerprint density at radius 3 is 2.02 bits per heavy atom. The number of esters is 1. The van der Waals surface area contributed by atoms with Crippen LogP contribution in [0.25, 0.3) is 0 Å². The summed E-state index contributed by atoms with van der Waals surface area (Å²) in [4.78, 5) is 49.7. The number of rotatable bonds is 31. The van der Waals surface area contributed by atoms with Crippen LogP contribution in [0.4, 0.5) is 0 Å². The van der Waals surface area contributed by atoms with Gasteiger partial charge in [-0.25, -0.2) is 15.0 Å². The van der Waals surface area contributed by atoms with Gasteiger partial charge in [0.2, 0.25) is 5.82 Å². The van der Waals surface area contributed by atoms with E-state index in [1.54, 1.807) is 0 Å². The third kappa shape index (κ3) is 22.0. The third-order valence-electron chi connectivity index (χ3n) is 8.29. The molecule has 264 valence electrons. The van der Waals surface area contributed by atoms with Crippen molar-refractivity contribution >= 4 is 17.8 Å². The van der Waals surface area contributed by atoms with Crippen LogP contribution in [0.5, 0.6) is 0 Å². The van der Waals surface area contributed by atoms with Crippen molar-refractivity contribution in [1.82, 2.24) is 25.2 Å². The summed E-state index contributed by atoms with van der Waals surface area (Å²) in [6.07, 6.45) is 21.9. The first-order valence-electron chi connectivity index (χ1n) is 18.1. The Morgan fingerprint density at radius 1 is 0.783 bits per heavy atom. The molecular formula is C35H63N5O6. The fourth-order valence-electron chi connectivity index (χ4n) is 5.54. The standard InChI is InChI=1S/C35H63N5O6/c1-3-5-7-9-10-11-12-13-20-26-46-32(42)23-16-14-19-25-40(31(35(44)45)22-15-8-6-4-2)27-30(41)21-17-18-24-37-34(43)33-38-28-36-29-39-33/h28-31,41H,3-27H2,1-2H3,(H,37,43)(H,44,45). The van der Waals surface area contributed by atoms with Crippen molar-refractivity contribution in [3.05, 3.63) is 18.5 Å². The van der Waals surface area contributed by atoms with E-state index in [0.717, 1.165) is 51.4 Å². The Balaban J connectivity index is 2.37. The molecule has 1 rings (SSSR count). The number of ether oxygens (including phenoxy) is 1. The van der Waals surface area contributed by atoms with E-state index in [1.165, 1.54) is 57.6 Å². The highest BCUT2D eigenvalue weighted by molar-refractivity contribution is 5.90. The molecule has 1 aromatic rings. The van der Waals surface area contributed by atoms with Crippen LogP contribution in [0.15, 0.2) is 12.7 Å². The second kappa shape index (κ2) is 28.6. The second-order valence-electron chi connectivity index (χ2n) is 12.4. The number of hydrogen-bond donors (Lipinski definition) is 3. The molecule has 0 aliphatic rings. The van der Waals surface area contributed by atoms with Crippen molar-refractivity contribution in [3.8, 4) is 0 Å². The molecular weight excluding hydrogens is 586 g/mol. The molecule has 2 atom stereocenters. The van der Waals surface area contributed by atoms with Gasteiger partial charge in [0.25, 0.3) is 5.91 Å². The molecule has 3 N–H and O–H groups in total. The summed E-state index contributed by atoms with van der Waals surface area (Å²) in [5, 5.41) is 23.6. The molecule has 0 saturated heterocycles. The molecule has 0 bridgehead atoms. The number of carbonyl (C=O) groups is 3. The Labute approximate surface area is 277 Å². The van der Waals surface area contributed by atoms with Gasteiger partial charge in [-0.05, 0) is 51.5 Å². The summed E-state index contributed by atoms with van der Waals surface area (Å²) in [6.45, 7) is 6.11. The SMILES string of the molecule is CCCCCCCCCCCOC(=O)CCCCCN(CC(O)CCCCNC(=O)c1ncncn1)C(CCCCCC)C(=O)O. The molecule has 1 heterocycles. The van der Waals surface area contributed by atoms with Crippen LogP contribution in [0.1, 0.15) is 159 Å². The van der Waals surface area contributed by atoms with Gasteiger partial charge >= 0.3 is 11.9 Å². The lowest BCUT2D eigenvalue weighted by Crippen LogP contribution is -2.45. The average Bonchev–Trinajstić information content (AvgIpc) is 3.05. The fourth-order valence-corrected chi connectivity index (χ4v) is 5.54. The monoisotopic (exact) mass is 649 g/mol. The van der Waals surface area contributed by atoms with E-state index in [9.17, 15) is 24.6 Å². The zero-order valence-corrected chi connectivity index (χ0v) is 28.8. The van der Waals surface area contributed by atoms with E-state index in [-0.39, 0.29) is 24.2 Å². The van der Waals surface area contributed by atoms with E-state index >= 15 is 0 Å². The van der Waals surface area contributed by atoms with Gasteiger partial charge < -0.3 is 20.3 Å². The minimum atomic E-state index is -0.857. The number of carboxylic acids is 1. The number of hydrogen-bond acceptors (Lipinski definition) is 9. The number of nitrogens with zero attached hydrogens (tertiary/aromatic N) is 4. The highest BCUT2D eigenvalue weighted by Crippen LogP contribution is 2.16. The molecule has 0 aromatic carbocycles. The summed E-state index contributed by atoms with van der Waals surface area (Å²) in [6, 6.07) is -0.646. The van der Waals surface area contributed by atoms with E-state index in [4.69, 9.17) is 4.74 Å². The number of nitrogens with one attached hydrogen (secondary N) is 1. The molecule has 0 fully saturated rings. The van der Waals surface area contributed by atoms with E-state index < -0.39 is 18.1 Å². The van der Waals surface area contributed by atoms with Crippen molar-refractivity contribution < 1.29 is 29.3 Å². The van der Waals surface area contributed by atoms with Gasteiger partial charge in [0.1, 0.15) is 18.7 Å². The zero-order chi connectivity index (χ0) is 33.7. The first kappa shape index (κ1) is 41.4. The minimum absolute atomic E-state index is 0.0651. The van der Waals surface area contributed by atoms with Crippen molar-refractivity contribution in [1.29, 1.82) is 0 Å². The lowest BCUT2D eigenvalue weighted by molar-refractivity contribution is -0.144. The van der Waals surface area contributed by atoms with Gasteiger partial charge in [-0.1, -0.05) is 97.3 Å². The van der Waals surface area contributed by atoms with Crippen LogP contribution in [-0.4, -0.2) is 86.3 Å². The van der Waals surface area contributed by atoms with Crippen LogP contribution in [0.3, 0.4) is 0 Å². The molecule has 0 saturated carbocycles. The van der Waals surface area contributed by atoms with Gasteiger partial charge in [-0.3, -0.25) is 19.3 Å². The normalized spacial score (nSPS) is 12.6. The van der Waals surface area contributed by atoms with Crippen molar-refractivity contribution in [2.24, 2.45) is 0 Å². The van der Waals surface area contributed by atoms with Gasteiger partial charge in [0.15, 0.2) is 0 Å².